The van der Waals surface area contributed by atoms with Gasteiger partial charge in [-0.3, -0.25) is 4.79 Å². The molecule has 0 saturated heterocycles. The Kier molecular flexibility index (Phi) is 6.54. The van der Waals surface area contributed by atoms with E-state index in [2.05, 4.69) is 13.8 Å². The van der Waals surface area contributed by atoms with Crippen molar-refractivity contribution in [2.45, 2.75) is 46.5 Å². The molecule has 0 radical (unpaired) electrons. The van der Waals surface area contributed by atoms with E-state index in [9.17, 15) is 4.79 Å². The van der Waals surface area contributed by atoms with E-state index in [1.807, 2.05) is 6.92 Å². The van der Waals surface area contributed by atoms with E-state index in [1.54, 1.807) is 0 Å². The fourth-order valence-corrected chi connectivity index (χ4v) is 1.24. The van der Waals surface area contributed by atoms with Crippen molar-refractivity contribution < 1.29 is 9.53 Å². The number of hydrogen-bond acceptors (Lipinski definition) is 3. The summed E-state index contributed by atoms with van der Waals surface area (Å²) in [7, 11) is 0. The van der Waals surface area contributed by atoms with E-state index in [0.717, 1.165) is 19.3 Å². The van der Waals surface area contributed by atoms with E-state index in [-0.39, 0.29) is 11.4 Å². The topological polar surface area (TPSA) is 52.3 Å². The molecule has 0 fully saturated rings. The largest absolute Gasteiger partial charge is 0.466 e. The molecule has 84 valence electrons. The second-order valence-corrected chi connectivity index (χ2v) is 4.42. The minimum atomic E-state index is -0.0862. The van der Waals surface area contributed by atoms with Crippen molar-refractivity contribution in [3.8, 4) is 0 Å². The third-order valence-electron chi connectivity index (χ3n) is 2.29. The number of esters is 1. The summed E-state index contributed by atoms with van der Waals surface area (Å²) in [6.45, 7) is 7.47. The van der Waals surface area contributed by atoms with Crippen molar-refractivity contribution >= 4 is 5.97 Å². The summed E-state index contributed by atoms with van der Waals surface area (Å²) in [5.41, 5.74) is 5.64. The normalized spacial score (nSPS) is 11.4. The zero-order valence-corrected chi connectivity index (χ0v) is 9.64. The SMILES string of the molecule is CCCOC(=O)CCC(C)(C)CCN. The summed E-state index contributed by atoms with van der Waals surface area (Å²) < 4.78 is 4.99. The van der Waals surface area contributed by atoms with E-state index < -0.39 is 0 Å². The van der Waals surface area contributed by atoms with E-state index >= 15 is 0 Å². The van der Waals surface area contributed by atoms with Gasteiger partial charge in [0.15, 0.2) is 0 Å². The molecule has 0 saturated carbocycles. The molecular weight excluding hydrogens is 178 g/mol. The van der Waals surface area contributed by atoms with Gasteiger partial charge in [0.2, 0.25) is 0 Å². The zero-order valence-electron chi connectivity index (χ0n) is 9.64. The zero-order chi connectivity index (χ0) is 11.0. The average Bonchev–Trinajstić information content (AvgIpc) is 2.11. The third-order valence-corrected chi connectivity index (χ3v) is 2.29. The molecule has 0 unspecified atom stereocenters. The minimum absolute atomic E-state index is 0.0862. The molecule has 0 atom stereocenters. The number of ether oxygens (including phenoxy) is 1. The highest BCUT2D eigenvalue weighted by Crippen LogP contribution is 2.25. The smallest absolute Gasteiger partial charge is 0.305 e. The van der Waals surface area contributed by atoms with Gasteiger partial charge in [0.25, 0.3) is 0 Å². The molecule has 14 heavy (non-hydrogen) atoms. The Labute approximate surface area is 87.0 Å². The Morgan fingerprint density at radius 3 is 2.50 bits per heavy atom. The van der Waals surface area contributed by atoms with Gasteiger partial charge in [0, 0.05) is 6.42 Å². The van der Waals surface area contributed by atoms with E-state index in [4.69, 9.17) is 10.5 Å². The van der Waals surface area contributed by atoms with Crippen LogP contribution in [-0.2, 0) is 9.53 Å². The average molecular weight is 201 g/mol. The van der Waals surface area contributed by atoms with Gasteiger partial charge < -0.3 is 10.5 Å². The highest BCUT2D eigenvalue weighted by atomic mass is 16.5. The molecule has 0 spiro atoms. The first-order valence-corrected chi connectivity index (χ1v) is 5.37. The van der Waals surface area contributed by atoms with Gasteiger partial charge >= 0.3 is 5.97 Å². The Bertz CT molecular complexity index is 167. The van der Waals surface area contributed by atoms with Crippen LogP contribution in [0.2, 0.25) is 0 Å². The van der Waals surface area contributed by atoms with Crippen LogP contribution in [-0.4, -0.2) is 19.1 Å². The highest BCUT2D eigenvalue weighted by Gasteiger charge is 2.18. The van der Waals surface area contributed by atoms with Crippen LogP contribution in [0.25, 0.3) is 0 Å². The van der Waals surface area contributed by atoms with Crippen LogP contribution >= 0.6 is 0 Å². The Morgan fingerprint density at radius 2 is 2.00 bits per heavy atom. The van der Waals surface area contributed by atoms with Crippen LogP contribution in [0.5, 0.6) is 0 Å². The second-order valence-electron chi connectivity index (χ2n) is 4.42. The number of rotatable bonds is 7. The van der Waals surface area contributed by atoms with Crippen LogP contribution in [0.3, 0.4) is 0 Å². The molecule has 2 N–H and O–H groups in total. The Hall–Kier alpha value is -0.570. The lowest BCUT2D eigenvalue weighted by molar-refractivity contribution is -0.144. The first-order valence-electron chi connectivity index (χ1n) is 5.37. The molecule has 0 bridgehead atoms. The van der Waals surface area contributed by atoms with Crippen molar-refractivity contribution in [1.82, 2.24) is 0 Å². The fraction of sp³-hybridized carbons (Fsp3) is 0.909. The number of nitrogens with two attached hydrogens (primary N) is 1. The number of carbonyl (C=O) groups is 1. The second kappa shape index (κ2) is 6.82. The first-order chi connectivity index (χ1) is 6.52. The summed E-state index contributed by atoms with van der Waals surface area (Å²) in [5.74, 6) is -0.0862. The number of carbonyl (C=O) groups excluding carboxylic acids is 1. The van der Waals surface area contributed by atoms with Crippen LogP contribution in [0.4, 0.5) is 0 Å². The first kappa shape index (κ1) is 13.4. The van der Waals surface area contributed by atoms with Gasteiger partial charge in [-0.2, -0.15) is 0 Å². The van der Waals surface area contributed by atoms with Gasteiger partial charge in [-0.05, 0) is 31.2 Å². The van der Waals surface area contributed by atoms with Crippen LogP contribution < -0.4 is 5.73 Å². The monoisotopic (exact) mass is 201 g/mol. The van der Waals surface area contributed by atoms with Crippen LogP contribution in [0, 0.1) is 5.41 Å². The fourth-order valence-electron chi connectivity index (χ4n) is 1.24. The number of hydrogen-bond donors (Lipinski definition) is 1. The molecule has 0 rings (SSSR count). The minimum Gasteiger partial charge on any atom is -0.466 e. The molecule has 0 aliphatic carbocycles. The molecule has 0 amide bonds. The van der Waals surface area contributed by atoms with Gasteiger partial charge in [-0.1, -0.05) is 20.8 Å². The lowest BCUT2D eigenvalue weighted by atomic mass is 9.84. The maximum atomic E-state index is 11.2. The van der Waals surface area contributed by atoms with Crippen molar-refractivity contribution in [1.29, 1.82) is 0 Å². The maximum Gasteiger partial charge on any atom is 0.305 e. The predicted octanol–water partition coefficient (Wildman–Crippen LogP) is 2.09. The molecule has 0 aromatic heterocycles. The summed E-state index contributed by atoms with van der Waals surface area (Å²) in [5, 5.41) is 0. The Balaban J connectivity index is 3.64. The third kappa shape index (κ3) is 6.89. The highest BCUT2D eigenvalue weighted by molar-refractivity contribution is 5.69. The maximum absolute atomic E-state index is 11.2. The van der Waals surface area contributed by atoms with Crippen molar-refractivity contribution in [3.05, 3.63) is 0 Å². The van der Waals surface area contributed by atoms with Crippen LogP contribution in [0.15, 0.2) is 0 Å². The van der Waals surface area contributed by atoms with Crippen molar-refractivity contribution in [3.63, 3.8) is 0 Å². The molecular formula is C11H23NO2. The van der Waals surface area contributed by atoms with Gasteiger partial charge in [0.05, 0.1) is 6.61 Å². The van der Waals surface area contributed by atoms with Gasteiger partial charge in [-0.25, -0.2) is 0 Å². The summed E-state index contributed by atoms with van der Waals surface area (Å²) >= 11 is 0. The van der Waals surface area contributed by atoms with Gasteiger partial charge in [-0.15, -0.1) is 0 Å². The van der Waals surface area contributed by atoms with E-state index in [0.29, 0.717) is 19.6 Å². The van der Waals surface area contributed by atoms with Crippen LogP contribution in [0.1, 0.15) is 46.5 Å². The lowest BCUT2D eigenvalue weighted by Gasteiger charge is -2.22. The predicted molar refractivity (Wildman–Crippen MR) is 57.9 cm³/mol. The van der Waals surface area contributed by atoms with Crippen molar-refractivity contribution in [2.75, 3.05) is 13.2 Å². The Morgan fingerprint density at radius 1 is 1.36 bits per heavy atom. The van der Waals surface area contributed by atoms with E-state index in [1.165, 1.54) is 0 Å². The standard InChI is InChI=1S/C11H23NO2/c1-4-9-14-10(13)5-6-11(2,3)7-8-12/h4-9,12H2,1-3H3. The summed E-state index contributed by atoms with van der Waals surface area (Å²) in [4.78, 5) is 11.2. The molecule has 0 aliphatic heterocycles. The molecule has 3 nitrogen and oxygen atoms in total. The van der Waals surface area contributed by atoms with Gasteiger partial charge in [0.1, 0.15) is 0 Å². The molecule has 0 aromatic rings. The molecule has 0 aliphatic rings. The summed E-state index contributed by atoms with van der Waals surface area (Å²) in [6, 6.07) is 0. The molecule has 0 heterocycles. The lowest BCUT2D eigenvalue weighted by Crippen LogP contribution is -2.19. The summed E-state index contributed by atoms with van der Waals surface area (Å²) in [6.07, 6.45) is 3.20. The van der Waals surface area contributed by atoms with Crippen molar-refractivity contribution in [2.24, 2.45) is 11.1 Å². The molecule has 0 aromatic carbocycles. The molecule has 3 heteroatoms. The quantitative estimate of drug-likeness (QED) is 0.642.